The van der Waals surface area contributed by atoms with Gasteiger partial charge in [0.2, 0.25) is 17.7 Å². The van der Waals surface area contributed by atoms with Crippen LogP contribution in [0.1, 0.15) is 103 Å². The third kappa shape index (κ3) is 8.88. The Labute approximate surface area is 296 Å². The van der Waals surface area contributed by atoms with E-state index in [-0.39, 0.29) is 41.3 Å². The fourth-order valence-corrected chi connectivity index (χ4v) is 7.82. The summed E-state index contributed by atoms with van der Waals surface area (Å²) < 4.78 is 0. The van der Waals surface area contributed by atoms with Crippen LogP contribution < -0.4 is 21.3 Å². The van der Waals surface area contributed by atoms with E-state index in [4.69, 9.17) is 0 Å². The summed E-state index contributed by atoms with van der Waals surface area (Å²) in [5.41, 5.74) is -0.835. The number of fused-ring (bicyclic) bond motifs is 1. The zero-order valence-electron chi connectivity index (χ0n) is 30.5. The summed E-state index contributed by atoms with van der Waals surface area (Å²) >= 11 is 0. The number of rotatable bonds is 15. The maximum Gasteiger partial charge on any atom is 0.272 e. The molecule has 7 atom stereocenters. The largest absolute Gasteiger partial charge is 0.381 e. The smallest absolute Gasteiger partial charge is 0.272 e. The van der Waals surface area contributed by atoms with E-state index in [1.54, 1.807) is 4.90 Å². The number of aromatic nitrogens is 2. The van der Waals surface area contributed by atoms with E-state index in [0.29, 0.717) is 19.4 Å². The molecule has 13 heteroatoms. The molecule has 2 saturated carbocycles. The van der Waals surface area contributed by atoms with Crippen molar-refractivity contribution in [3.8, 4) is 0 Å². The van der Waals surface area contributed by atoms with Crippen molar-refractivity contribution < 1.29 is 29.1 Å². The maximum absolute atomic E-state index is 14.6. The van der Waals surface area contributed by atoms with Gasteiger partial charge in [0, 0.05) is 25.5 Å². The molecule has 13 nitrogen and oxygen atoms in total. The number of likely N-dealkylation sites (tertiary alicyclic amines) is 1. The zero-order valence-corrected chi connectivity index (χ0v) is 30.5. The first kappa shape index (κ1) is 38.9. The molecule has 0 bridgehead atoms. The number of unbranched alkanes of at least 4 members (excludes halogenated alkanes) is 1. The van der Waals surface area contributed by atoms with E-state index in [2.05, 4.69) is 51.7 Å². The van der Waals surface area contributed by atoms with Crippen LogP contribution in [0.25, 0.3) is 0 Å². The predicted molar refractivity (Wildman–Crippen MR) is 188 cm³/mol. The van der Waals surface area contributed by atoms with Crippen molar-refractivity contribution in [2.24, 2.45) is 28.6 Å². The van der Waals surface area contributed by atoms with Gasteiger partial charge < -0.3 is 31.3 Å². The van der Waals surface area contributed by atoms with Crippen LogP contribution in [-0.4, -0.2) is 92.9 Å². The molecule has 1 aliphatic heterocycles. The Morgan fingerprint density at radius 1 is 1.06 bits per heavy atom. The van der Waals surface area contributed by atoms with E-state index in [1.165, 1.54) is 24.7 Å². The molecule has 3 aliphatic rings. The summed E-state index contributed by atoms with van der Waals surface area (Å²) in [4.78, 5) is 78.4. The molecule has 5 N–H and O–H groups in total. The van der Waals surface area contributed by atoms with Gasteiger partial charge in [-0.2, -0.15) is 0 Å². The fourth-order valence-electron chi connectivity index (χ4n) is 7.82. The van der Waals surface area contributed by atoms with Crippen LogP contribution in [-0.2, 0) is 19.2 Å². The van der Waals surface area contributed by atoms with Crippen molar-refractivity contribution in [2.45, 2.75) is 123 Å². The lowest BCUT2D eigenvalue weighted by Crippen LogP contribution is -2.63. The standard InChI is InChI=1S/C37H57N7O6/c1-8-10-16-24(29(45)34(49)40-17-9-2)41-33(48)28-26-23(37(26,6)7)21-44(28)35(50)30(36(3,4)5)43-32(47)27(22-14-12-11-13-15-22)42-31(46)25-20-38-18-19-39-25/h9,18-20,22-24,26-30,45H,2,8,10-17,21H2,1,3-7H3,(H,40,49)(H,41,48)(H,42,46)(H,43,47)/t23-,24?,26-,27-,28-,29?,30+/m0/s1. The lowest BCUT2D eigenvalue weighted by Gasteiger charge is -2.39. The highest BCUT2D eigenvalue weighted by molar-refractivity contribution is 5.98. The molecule has 2 unspecified atom stereocenters. The van der Waals surface area contributed by atoms with E-state index >= 15 is 0 Å². The Kier molecular flexibility index (Phi) is 12.8. The van der Waals surface area contributed by atoms with Crippen LogP contribution in [0.5, 0.6) is 0 Å². The first-order valence-corrected chi connectivity index (χ1v) is 18.2. The van der Waals surface area contributed by atoms with Crippen LogP contribution in [0.15, 0.2) is 31.2 Å². The number of hydrogen-bond donors (Lipinski definition) is 5. The highest BCUT2D eigenvalue weighted by atomic mass is 16.3. The van der Waals surface area contributed by atoms with Crippen molar-refractivity contribution in [1.29, 1.82) is 0 Å². The SMILES string of the molecule is C=CCNC(=O)C(O)C(CCCC)NC(=O)[C@@H]1[C@@H]2[C@H](CN1C(=O)[C@@H](NC(=O)[C@@H](NC(=O)c1cnccn1)C1CCCCC1)C(C)(C)C)C2(C)C. The first-order valence-electron chi connectivity index (χ1n) is 18.2. The molecular weight excluding hydrogens is 638 g/mol. The minimum Gasteiger partial charge on any atom is -0.381 e. The van der Waals surface area contributed by atoms with Crippen LogP contribution in [0.4, 0.5) is 0 Å². The average molecular weight is 696 g/mol. The van der Waals surface area contributed by atoms with Gasteiger partial charge in [-0.25, -0.2) is 4.98 Å². The van der Waals surface area contributed by atoms with Crippen molar-refractivity contribution in [1.82, 2.24) is 36.1 Å². The molecule has 4 rings (SSSR count). The molecule has 50 heavy (non-hydrogen) atoms. The normalized spacial score (nSPS) is 23.7. The number of piperidine rings is 1. The number of carbonyl (C=O) groups is 5. The van der Waals surface area contributed by atoms with Crippen LogP contribution in [0.2, 0.25) is 0 Å². The summed E-state index contributed by atoms with van der Waals surface area (Å²) in [7, 11) is 0. The molecule has 0 aromatic carbocycles. The van der Waals surface area contributed by atoms with Crippen LogP contribution in [0.3, 0.4) is 0 Å². The van der Waals surface area contributed by atoms with Gasteiger partial charge in [0.25, 0.3) is 11.8 Å². The van der Waals surface area contributed by atoms with E-state index in [0.717, 1.165) is 38.5 Å². The van der Waals surface area contributed by atoms with E-state index < -0.39 is 59.3 Å². The lowest BCUT2D eigenvalue weighted by atomic mass is 9.82. The van der Waals surface area contributed by atoms with Gasteiger partial charge in [0.05, 0.1) is 12.2 Å². The van der Waals surface area contributed by atoms with Crippen LogP contribution in [0, 0.1) is 28.6 Å². The monoisotopic (exact) mass is 695 g/mol. The van der Waals surface area contributed by atoms with Crippen molar-refractivity contribution in [2.75, 3.05) is 13.1 Å². The predicted octanol–water partition coefficient (Wildman–Crippen LogP) is 2.51. The zero-order chi connectivity index (χ0) is 36.8. The van der Waals surface area contributed by atoms with Gasteiger partial charge in [-0.05, 0) is 47.8 Å². The van der Waals surface area contributed by atoms with Crippen molar-refractivity contribution in [3.05, 3.63) is 36.9 Å². The number of hydrogen-bond acceptors (Lipinski definition) is 8. The molecule has 3 fully saturated rings. The third-order valence-electron chi connectivity index (χ3n) is 10.9. The summed E-state index contributed by atoms with van der Waals surface area (Å²) in [6.07, 6.45) is 10.6. The van der Waals surface area contributed by atoms with Gasteiger partial charge in [-0.1, -0.05) is 79.7 Å². The highest BCUT2D eigenvalue weighted by Gasteiger charge is 2.70. The summed E-state index contributed by atoms with van der Waals surface area (Å²) in [5, 5.41) is 22.4. The second-order valence-corrected chi connectivity index (χ2v) is 15.9. The summed E-state index contributed by atoms with van der Waals surface area (Å²) in [6.45, 7) is 15.8. The Bertz CT molecular complexity index is 1390. The van der Waals surface area contributed by atoms with Gasteiger partial charge >= 0.3 is 0 Å². The number of amides is 5. The Morgan fingerprint density at radius 3 is 2.36 bits per heavy atom. The lowest BCUT2D eigenvalue weighted by molar-refractivity contribution is -0.146. The first-order chi connectivity index (χ1) is 23.6. The molecule has 2 aliphatic carbocycles. The second-order valence-electron chi connectivity index (χ2n) is 15.9. The van der Waals surface area contributed by atoms with Crippen LogP contribution >= 0.6 is 0 Å². The molecule has 276 valence electrons. The second kappa shape index (κ2) is 16.4. The molecule has 0 spiro atoms. The Morgan fingerprint density at radius 2 is 1.76 bits per heavy atom. The number of nitrogens with one attached hydrogen (secondary N) is 4. The highest BCUT2D eigenvalue weighted by Crippen LogP contribution is 2.65. The molecule has 1 aromatic rings. The van der Waals surface area contributed by atoms with Crippen molar-refractivity contribution >= 4 is 29.5 Å². The molecule has 1 saturated heterocycles. The fraction of sp³-hybridized carbons (Fsp3) is 0.703. The molecule has 1 aromatic heterocycles. The summed E-state index contributed by atoms with van der Waals surface area (Å²) in [5.74, 6) is -2.55. The Balaban J connectivity index is 1.57. The number of carbonyl (C=O) groups excluding carboxylic acids is 5. The van der Waals surface area contributed by atoms with E-state index in [1.807, 2.05) is 27.7 Å². The molecule has 2 heterocycles. The minimum absolute atomic E-state index is 0.0784. The number of nitrogens with zero attached hydrogens (tertiary/aromatic N) is 3. The third-order valence-corrected chi connectivity index (χ3v) is 10.9. The minimum atomic E-state index is -1.48. The summed E-state index contributed by atoms with van der Waals surface area (Å²) in [6, 6.07) is -3.59. The average Bonchev–Trinajstić information content (AvgIpc) is 3.39. The molecular formula is C37H57N7O6. The molecule has 0 radical (unpaired) electrons. The molecule has 5 amide bonds. The Hall–Kier alpha value is -3.87. The number of aliphatic hydroxyl groups is 1. The quantitative estimate of drug-likeness (QED) is 0.174. The number of aliphatic hydroxyl groups excluding tert-OH is 1. The van der Waals surface area contributed by atoms with Gasteiger partial charge in [0.15, 0.2) is 6.10 Å². The van der Waals surface area contributed by atoms with Gasteiger partial charge in [-0.15, -0.1) is 6.58 Å². The topological polar surface area (TPSA) is 183 Å². The maximum atomic E-state index is 14.6. The van der Waals surface area contributed by atoms with Gasteiger partial charge in [-0.3, -0.25) is 29.0 Å². The van der Waals surface area contributed by atoms with Gasteiger partial charge in [0.1, 0.15) is 23.8 Å². The van der Waals surface area contributed by atoms with Crippen molar-refractivity contribution in [3.63, 3.8) is 0 Å². The van der Waals surface area contributed by atoms with E-state index in [9.17, 15) is 29.1 Å².